The Hall–Kier alpha value is -3.96. The van der Waals surface area contributed by atoms with Crippen LogP contribution in [-0.2, 0) is 27.9 Å². The predicted octanol–water partition coefficient (Wildman–Crippen LogP) is 3.31. The minimum atomic E-state index is -3.70. The average Bonchev–Trinajstić information content (AvgIpc) is 3.52. The van der Waals surface area contributed by atoms with Crippen molar-refractivity contribution in [1.82, 2.24) is 15.1 Å². The number of hydrogen-bond donors (Lipinski definition) is 3. The molecule has 0 fully saturated rings. The van der Waals surface area contributed by atoms with Gasteiger partial charge in [-0.2, -0.15) is 5.10 Å². The van der Waals surface area contributed by atoms with E-state index in [1.165, 1.54) is 16.8 Å². The molecule has 0 bridgehead atoms. The van der Waals surface area contributed by atoms with Crippen molar-refractivity contribution >= 4 is 44.5 Å². The molecule has 0 spiro atoms. The molecule has 0 saturated heterocycles. The smallest absolute Gasteiger partial charge is 0.271 e. The number of benzene rings is 2. The lowest BCUT2D eigenvalue weighted by Crippen LogP contribution is -2.23. The summed E-state index contributed by atoms with van der Waals surface area (Å²) in [5.41, 5.74) is 2.01. The third-order valence-electron chi connectivity index (χ3n) is 4.67. The molecular weight excluding hydrogens is 474 g/mol. The molecule has 2 aromatic heterocycles. The van der Waals surface area contributed by atoms with Gasteiger partial charge in [0.15, 0.2) is 0 Å². The second-order valence-electron chi connectivity index (χ2n) is 7.25. The van der Waals surface area contributed by atoms with Crippen LogP contribution >= 0.6 is 11.3 Å². The Kier molecular flexibility index (Phi) is 7.04. The van der Waals surface area contributed by atoms with Crippen LogP contribution in [0, 0.1) is 0 Å². The summed E-state index contributed by atoms with van der Waals surface area (Å²) >= 11 is 1.11. The highest BCUT2D eigenvalue weighted by atomic mass is 32.2. The Morgan fingerprint density at radius 1 is 0.971 bits per heavy atom. The van der Waals surface area contributed by atoms with E-state index in [1.54, 1.807) is 66.3 Å². The molecule has 0 saturated carbocycles. The number of anilines is 2. The van der Waals surface area contributed by atoms with Gasteiger partial charge < -0.3 is 10.6 Å². The summed E-state index contributed by atoms with van der Waals surface area (Å²) in [6, 6.07) is 18.3. The summed E-state index contributed by atoms with van der Waals surface area (Å²) < 4.78 is 29.0. The minimum Gasteiger partial charge on any atom is -0.348 e. The molecule has 0 aliphatic heterocycles. The Labute approximate surface area is 200 Å². The van der Waals surface area contributed by atoms with Crippen LogP contribution in [0.1, 0.15) is 15.9 Å². The van der Waals surface area contributed by atoms with Crippen LogP contribution in [0.25, 0.3) is 0 Å². The van der Waals surface area contributed by atoms with Crippen LogP contribution in [0.4, 0.5) is 11.4 Å². The Morgan fingerprint density at radius 3 is 2.56 bits per heavy atom. The first kappa shape index (κ1) is 23.2. The minimum absolute atomic E-state index is 0.0978. The van der Waals surface area contributed by atoms with Crippen LogP contribution in [-0.4, -0.2) is 30.0 Å². The van der Waals surface area contributed by atoms with Gasteiger partial charge in [0.1, 0.15) is 10.8 Å². The number of aromatic nitrogens is 2. The molecule has 4 aromatic rings. The maximum atomic E-state index is 12.6. The first-order valence-electron chi connectivity index (χ1n) is 10.2. The van der Waals surface area contributed by atoms with Crippen molar-refractivity contribution in [2.45, 2.75) is 17.3 Å². The molecule has 2 amide bonds. The van der Waals surface area contributed by atoms with Gasteiger partial charge in [-0.15, -0.1) is 11.3 Å². The van der Waals surface area contributed by atoms with Crippen molar-refractivity contribution in [3.8, 4) is 0 Å². The van der Waals surface area contributed by atoms with E-state index < -0.39 is 10.0 Å². The van der Waals surface area contributed by atoms with E-state index in [0.29, 0.717) is 16.9 Å². The van der Waals surface area contributed by atoms with Gasteiger partial charge in [0.25, 0.3) is 15.9 Å². The van der Waals surface area contributed by atoms with E-state index in [-0.39, 0.29) is 29.1 Å². The maximum absolute atomic E-state index is 12.6. The number of hydrogen-bond acceptors (Lipinski definition) is 6. The fourth-order valence-corrected chi connectivity index (χ4v) is 5.17. The van der Waals surface area contributed by atoms with Gasteiger partial charge in [-0.25, -0.2) is 8.42 Å². The quantitative estimate of drug-likeness (QED) is 0.329. The van der Waals surface area contributed by atoms with Crippen molar-refractivity contribution in [2.75, 3.05) is 10.0 Å². The van der Waals surface area contributed by atoms with Gasteiger partial charge in [-0.1, -0.05) is 24.3 Å². The fraction of sp³-hybridized carbons (Fsp3) is 0.0870. The zero-order chi connectivity index (χ0) is 24.0. The molecule has 9 nitrogen and oxygen atoms in total. The van der Waals surface area contributed by atoms with Crippen molar-refractivity contribution in [3.05, 3.63) is 95.6 Å². The number of sulfonamides is 1. The van der Waals surface area contributed by atoms with Gasteiger partial charge >= 0.3 is 0 Å². The van der Waals surface area contributed by atoms with Gasteiger partial charge in [0.05, 0.1) is 0 Å². The van der Waals surface area contributed by atoms with Crippen LogP contribution in [0.15, 0.2) is 88.7 Å². The van der Waals surface area contributed by atoms with Gasteiger partial charge in [0, 0.05) is 35.9 Å². The first-order chi connectivity index (χ1) is 16.4. The van der Waals surface area contributed by atoms with E-state index in [1.807, 2.05) is 6.07 Å². The van der Waals surface area contributed by atoms with Crippen LogP contribution in [0.5, 0.6) is 0 Å². The number of thiophene rings is 1. The van der Waals surface area contributed by atoms with Crippen molar-refractivity contribution < 1.29 is 18.0 Å². The van der Waals surface area contributed by atoms with E-state index >= 15 is 0 Å². The number of nitrogens with one attached hydrogen (secondary N) is 3. The van der Waals surface area contributed by atoms with Crippen LogP contribution in [0.3, 0.4) is 0 Å². The lowest BCUT2D eigenvalue weighted by atomic mass is 10.1. The van der Waals surface area contributed by atoms with Gasteiger partial charge in [-0.05, 0) is 53.4 Å². The molecule has 0 aliphatic rings. The lowest BCUT2D eigenvalue weighted by Gasteiger charge is -2.10. The highest BCUT2D eigenvalue weighted by Crippen LogP contribution is 2.21. The largest absolute Gasteiger partial charge is 0.348 e. The van der Waals surface area contributed by atoms with E-state index in [0.717, 1.165) is 16.9 Å². The van der Waals surface area contributed by atoms with Gasteiger partial charge in [-0.3, -0.25) is 19.0 Å². The molecule has 0 atom stereocenters. The molecule has 3 N–H and O–H groups in total. The average molecular weight is 496 g/mol. The molecule has 0 unspecified atom stereocenters. The number of carbonyl (C=O) groups is 2. The molecule has 0 radical (unpaired) electrons. The topological polar surface area (TPSA) is 122 Å². The summed E-state index contributed by atoms with van der Waals surface area (Å²) in [6.07, 6.45) is 3.30. The molecule has 2 aromatic carbocycles. The van der Waals surface area contributed by atoms with E-state index in [9.17, 15) is 18.0 Å². The van der Waals surface area contributed by atoms with Gasteiger partial charge in [0.2, 0.25) is 5.91 Å². The number of carbonyl (C=O) groups excluding carboxylic acids is 2. The maximum Gasteiger partial charge on any atom is 0.271 e. The Bertz CT molecular complexity index is 1380. The summed E-state index contributed by atoms with van der Waals surface area (Å²) in [5.74, 6) is -0.572. The molecule has 0 aliphatic carbocycles. The molecule has 11 heteroatoms. The predicted molar refractivity (Wildman–Crippen MR) is 130 cm³/mol. The molecule has 174 valence electrons. The summed E-state index contributed by atoms with van der Waals surface area (Å²) in [7, 11) is -3.70. The second kappa shape index (κ2) is 10.3. The molecule has 34 heavy (non-hydrogen) atoms. The monoisotopic (exact) mass is 495 g/mol. The number of amides is 2. The number of nitrogens with zero attached hydrogens (tertiary/aromatic N) is 2. The molecule has 2 heterocycles. The molecule has 4 rings (SSSR count). The number of rotatable bonds is 9. The van der Waals surface area contributed by atoms with Crippen LogP contribution < -0.4 is 15.4 Å². The lowest BCUT2D eigenvalue weighted by molar-refractivity contribution is -0.116. The van der Waals surface area contributed by atoms with Crippen LogP contribution in [0.2, 0.25) is 0 Å². The third-order valence-corrected chi connectivity index (χ3v) is 7.44. The SMILES string of the molecule is O=C(Cn1cccn1)Nc1cccc(CNC(=O)c2cccc(NS(=O)(=O)c3cccs3)c2)c1. The van der Waals surface area contributed by atoms with Crippen molar-refractivity contribution in [1.29, 1.82) is 0 Å². The fourth-order valence-electron chi connectivity index (χ4n) is 3.13. The van der Waals surface area contributed by atoms with E-state index in [4.69, 9.17) is 0 Å². The van der Waals surface area contributed by atoms with E-state index in [2.05, 4.69) is 20.5 Å². The van der Waals surface area contributed by atoms with Crippen molar-refractivity contribution in [2.24, 2.45) is 0 Å². The Balaban J connectivity index is 1.35. The summed E-state index contributed by atoms with van der Waals surface area (Å²) in [5, 5.41) is 11.3. The van der Waals surface area contributed by atoms with Crippen molar-refractivity contribution in [3.63, 3.8) is 0 Å². The standard InChI is InChI=1S/C23H21N5O4S2/c29-21(16-28-11-4-10-25-28)26-19-7-1-5-17(13-19)15-24-23(30)18-6-2-8-20(14-18)27-34(31,32)22-9-3-12-33-22/h1-14,27H,15-16H2,(H,24,30)(H,26,29). The zero-order valence-electron chi connectivity index (χ0n) is 17.8. The summed E-state index contributed by atoms with van der Waals surface area (Å²) in [6.45, 7) is 0.327. The normalized spacial score (nSPS) is 11.1. The summed E-state index contributed by atoms with van der Waals surface area (Å²) in [4.78, 5) is 24.8. The molecular formula is C23H21N5O4S2. The highest BCUT2D eigenvalue weighted by molar-refractivity contribution is 7.94. The Morgan fingerprint density at radius 2 is 1.79 bits per heavy atom. The first-order valence-corrected chi connectivity index (χ1v) is 12.6. The second-order valence-corrected chi connectivity index (χ2v) is 10.1. The zero-order valence-corrected chi connectivity index (χ0v) is 19.5. The third kappa shape index (κ3) is 6.09. The highest BCUT2D eigenvalue weighted by Gasteiger charge is 2.16.